The topological polar surface area (TPSA) is 100 Å². The predicted molar refractivity (Wildman–Crippen MR) is 425 cm³/mol. The zero-order valence-electron chi connectivity index (χ0n) is 64.5. The fourth-order valence-electron chi connectivity index (χ4n) is 17.9. The number of Topliss-reactive ketones (excluding diaryl/α,β-unsaturated/α-hetero) is 1. The third-order valence-corrected chi connectivity index (χ3v) is 33.5. The highest BCUT2D eigenvalue weighted by molar-refractivity contribution is 7.00. The van der Waals surface area contributed by atoms with Gasteiger partial charge in [0.25, 0.3) is 28.5 Å². The Morgan fingerprint density at radius 1 is 0.486 bits per heavy atom. The Bertz CT molecular complexity index is 4750. The second kappa shape index (κ2) is 32.5. The van der Waals surface area contributed by atoms with Crippen LogP contribution >= 0.6 is 0 Å². The lowest BCUT2D eigenvalue weighted by molar-refractivity contribution is -0.0829. The van der Waals surface area contributed by atoms with Gasteiger partial charge in [-0.3, -0.25) is 23.4 Å². The van der Waals surface area contributed by atoms with E-state index in [2.05, 4.69) is 9.97 Å². The van der Waals surface area contributed by atoms with Gasteiger partial charge in [0.15, 0.2) is 5.78 Å². The maximum absolute atomic E-state index is 16.9. The van der Waals surface area contributed by atoms with Gasteiger partial charge in [-0.15, -0.1) is 0 Å². The number of para-hydroxylation sites is 2. The van der Waals surface area contributed by atoms with Crippen LogP contribution in [0.15, 0.2) is 194 Å². The van der Waals surface area contributed by atoms with E-state index in [0.717, 1.165) is 77.9 Å². The molecule has 588 valence electrons. The number of nitrogens with one attached hydrogen (secondary N) is 2. The van der Waals surface area contributed by atoms with Gasteiger partial charge in [-0.1, -0.05) is 199 Å². The first kappa shape index (κ1) is 81.0. The molecule has 111 heavy (non-hydrogen) atoms. The van der Waals surface area contributed by atoms with E-state index in [1.54, 1.807) is 6.92 Å². The lowest BCUT2D eigenvalue weighted by atomic mass is 9.77. The highest BCUT2D eigenvalue weighted by Crippen LogP contribution is 2.49. The number of alkyl halides is 6. The number of hydrogen-bond acceptors (Lipinski definition) is 8. The van der Waals surface area contributed by atoms with E-state index < -0.39 is 149 Å². The number of carbonyl (C=O) groups excluding carboxylic acids is 1. The molecule has 0 aliphatic carbocycles. The van der Waals surface area contributed by atoms with Crippen LogP contribution in [0.5, 0.6) is 0 Å². The number of aromatic amines is 2. The fraction of sp³-hybridized carbons (Fsp3) is 0.404. The maximum atomic E-state index is 16.9. The molecule has 5 atom stereocenters. The van der Waals surface area contributed by atoms with E-state index in [-0.39, 0.29) is 22.6 Å². The van der Waals surface area contributed by atoms with Crippen LogP contribution in [0.3, 0.4) is 0 Å². The van der Waals surface area contributed by atoms with Crippen LogP contribution in [0.1, 0.15) is 137 Å². The number of ketones is 1. The summed E-state index contributed by atoms with van der Waals surface area (Å²) in [6.07, 6.45) is 1.50. The number of rotatable bonds is 26. The molecular formula is C89H100F10N6O4Si2. The molecule has 0 saturated carbocycles. The van der Waals surface area contributed by atoms with E-state index in [1.807, 2.05) is 228 Å². The van der Waals surface area contributed by atoms with Crippen LogP contribution < -0.4 is 20.7 Å². The van der Waals surface area contributed by atoms with Crippen LogP contribution in [0, 0.1) is 35.1 Å². The number of carbonyl (C=O) groups is 1. The van der Waals surface area contributed by atoms with Crippen LogP contribution in [0.2, 0.25) is 10.1 Å². The summed E-state index contributed by atoms with van der Waals surface area (Å²) < 4.78 is 172. The van der Waals surface area contributed by atoms with Crippen molar-refractivity contribution in [3.63, 3.8) is 0 Å². The Kier molecular flexibility index (Phi) is 23.7. The quantitative estimate of drug-likeness (QED) is 0.0280. The van der Waals surface area contributed by atoms with E-state index in [4.69, 9.17) is 8.85 Å². The zero-order valence-corrected chi connectivity index (χ0v) is 66.5. The van der Waals surface area contributed by atoms with Gasteiger partial charge >= 0.3 is 0 Å². The van der Waals surface area contributed by atoms with Crippen LogP contribution in [0.4, 0.5) is 43.9 Å². The van der Waals surface area contributed by atoms with Gasteiger partial charge in [-0.2, -0.15) is 0 Å². The van der Waals surface area contributed by atoms with E-state index in [0.29, 0.717) is 76.3 Å². The SMILES string of the molecule is C[C@@H]1Cc2c([nH]c3ccccc23)[C@@H](c2c(F)cc(C(=O)C3CN(CCCF)C3)cc2F)N1CC(F)(F)CO[Si](c1ccccc1)(c1ccccc1)C(C)(C)C.C[C@@H]1Cc2c([nH]c3ccccc23)[C@@H](c2c(F)cc(C(C)(O)C3CN(CCCF)C3)cc2F)N1CC(F)(F)CO[Si](c1ccccc1)(c1ccccc1)C(C)(C)C. The van der Waals surface area contributed by atoms with Crippen molar-refractivity contribution in [2.75, 3.05) is 78.9 Å². The van der Waals surface area contributed by atoms with E-state index in [1.165, 1.54) is 16.7 Å². The molecule has 4 aliphatic rings. The Morgan fingerprint density at radius 3 is 1.17 bits per heavy atom. The average molecular weight is 1560 g/mol. The minimum Gasteiger partial charge on any atom is -0.401 e. The summed E-state index contributed by atoms with van der Waals surface area (Å²) in [4.78, 5) is 26.9. The summed E-state index contributed by atoms with van der Waals surface area (Å²) in [7, 11) is -6.67. The molecule has 3 N–H and O–H groups in total. The smallest absolute Gasteiger partial charge is 0.282 e. The number of halogens is 10. The minimum absolute atomic E-state index is 0.0719. The van der Waals surface area contributed by atoms with Crippen molar-refractivity contribution in [1.82, 2.24) is 29.6 Å². The average Bonchev–Trinajstić information content (AvgIpc) is 1.63. The molecule has 2 saturated heterocycles. The second-order valence-electron chi connectivity index (χ2n) is 33.2. The molecule has 8 aromatic carbocycles. The van der Waals surface area contributed by atoms with Gasteiger partial charge in [0.2, 0.25) is 0 Å². The molecule has 10 nitrogen and oxygen atoms in total. The molecule has 10 aromatic rings. The molecule has 2 aromatic heterocycles. The molecular weight excluding hydrogens is 1460 g/mol. The summed E-state index contributed by atoms with van der Waals surface area (Å²) in [6.45, 7) is 15.7. The monoisotopic (exact) mass is 1560 g/mol. The van der Waals surface area contributed by atoms with Crippen molar-refractivity contribution in [3.8, 4) is 0 Å². The normalized spacial score (nSPS) is 19.3. The summed E-state index contributed by atoms with van der Waals surface area (Å²) in [6, 6.07) is 54.1. The fourth-order valence-corrected chi connectivity index (χ4v) is 27.1. The van der Waals surface area contributed by atoms with Crippen LogP contribution in [0.25, 0.3) is 21.8 Å². The number of nitrogens with zero attached hydrogens (tertiary/aromatic N) is 4. The van der Waals surface area contributed by atoms with Crippen molar-refractivity contribution in [1.29, 1.82) is 0 Å². The zero-order chi connectivity index (χ0) is 79.2. The Hall–Kier alpha value is -8.04. The van der Waals surface area contributed by atoms with Crippen molar-refractivity contribution >= 4 is 65.0 Å². The summed E-state index contributed by atoms with van der Waals surface area (Å²) in [5.41, 5.74) is 1.71. The van der Waals surface area contributed by atoms with Gasteiger partial charge in [0.1, 0.15) is 23.3 Å². The van der Waals surface area contributed by atoms with Gasteiger partial charge in [0, 0.05) is 113 Å². The third-order valence-electron chi connectivity index (χ3n) is 23.6. The molecule has 0 spiro atoms. The lowest BCUT2D eigenvalue weighted by Gasteiger charge is -2.47. The molecule has 6 heterocycles. The van der Waals surface area contributed by atoms with Crippen molar-refractivity contribution in [2.24, 2.45) is 11.8 Å². The standard InChI is InChI=1S/C45H52F5N3O2Si.C44H48F5N3O2Si/c1-30-23-36-35-19-12-13-20-39(35)51-41(36)42(40-37(47)24-31(25-38(40)48)44(5,54)32-26-52(27-32)22-14-21-46)53(30)28-45(49,50)29-55-56(43(2,3)4,33-15-8-6-9-16-33)34-17-10-7-11-18-34;1-29-22-35-34-18-11-12-19-38(34)50-40(35)41(39-36(46)23-30(24-37(39)47)42(53)31-25-51(26-31)21-13-20-45)52(29)27-44(48,49)28-54-55(43(2,3)4,32-14-7-5-8-15-32)33-16-9-6-10-17-33/h6-13,15-20,24-25,30,32,42,51,54H,14,21-23,26-29H2,1-5H3;5-12,14-19,23-24,29,31,41,50H,13,20-22,25-28H2,1-4H3/t30-,42-,44?;29-,41-/m11/s1. The molecule has 4 aliphatic heterocycles. The predicted octanol–water partition coefficient (Wildman–Crippen LogP) is 17.0. The Labute approximate surface area is 646 Å². The minimum atomic E-state index is -3.44. The van der Waals surface area contributed by atoms with Crippen molar-refractivity contribution < 1.29 is 62.7 Å². The number of fused-ring (bicyclic) bond motifs is 6. The lowest BCUT2D eigenvalue weighted by Crippen LogP contribution is -2.67. The van der Waals surface area contributed by atoms with Crippen LogP contribution in [-0.4, -0.2) is 160 Å². The van der Waals surface area contributed by atoms with Gasteiger partial charge in [0.05, 0.1) is 57.3 Å². The number of aromatic nitrogens is 2. The number of hydrogen-bond donors (Lipinski definition) is 3. The summed E-state index contributed by atoms with van der Waals surface area (Å²) >= 11 is 0. The molecule has 2 fully saturated rings. The summed E-state index contributed by atoms with van der Waals surface area (Å²) in [5, 5.41) is 15.7. The highest BCUT2D eigenvalue weighted by Gasteiger charge is 2.56. The second-order valence-corrected chi connectivity index (χ2v) is 41.8. The third kappa shape index (κ3) is 16.0. The van der Waals surface area contributed by atoms with Gasteiger partial charge in [-0.05, 0) is 130 Å². The summed E-state index contributed by atoms with van der Waals surface area (Å²) in [5.74, 6) is -11.8. The number of likely N-dealkylation sites (tertiary alicyclic amines) is 2. The number of aliphatic hydroxyl groups is 1. The molecule has 0 amide bonds. The van der Waals surface area contributed by atoms with Gasteiger partial charge < -0.3 is 33.7 Å². The van der Waals surface area contributed by atoms with Crippen molar-refractivity contribution in [3.05, 3.63) is 262 Å². The Morgan fingerprint density at radius 2 is 0.820 bits per heavy atom. The first-order valence-corrected chi connectivity index (χ1v) is 42.4. The van der Waals surface area contributed by atoms with Crippen molar-refractivity contribution in [2.45, 2.75) is 140 Å². The molecule has 0 radical (unpaired) electrons. The highest BCUT2D eigenvalue weighted by atomic mass is 28.4. The number of benzene rings is 8. The molecule has 1 unspecified atom stereocenters. The van der Waals surface area contributed by atoms with Crippen LogP contribution in [-0.2, 0) is 27.3 Å². The van der Waals surface area contributed by atoms with E-state index >= 15 is 35.1 Å². The Balaban J connectivity index is 0.000000195. The first-order chi connectivity index (χ1) is 52.8. The van der Waals surface area contributed by atoms with Gasteiger partial charge in [-0.25, -0.2) is 35.1 Å². The van der Waals surface area contributed by atoms with E-state index in [9.17, 15) is 18.7 Å². The molecule has 22 heteroatoms. The first-order valence-electron chi connectivity index (χ1n) is 38.6. The number of H-pyrrole nitrogens is 2. The maximum Gasteiger partial charge on any atom is 0.282 e. The molecule has 0 bridgehead atoms. The molecule has 14 rings (SSSR count). The largest absolute Gasteiger partial charge is 0.401 e.